The monoisotopic (exact) mass is 301 g/mol. The van der Waals surface area contributed by atoms with E-state index >= 15 is 0 Å². The number of aromatic nitrogens is 4. The van der Waals surface area contributed by atoms with E-state index in [-0.39, 0.29) is 5.91 Å². The molecule has 3 rings (SSSR count). The molecule has 1 aliphatic heterocycles. The van der Waals surface area contributed by atoms with E-state index in [0.717, 1.165) is 37.3 Å². The third kappa shape index (κ3) is 2.91. The highest BCUT2D eigenvalue weighted by Gasteiger charge is 2.23. The van der Waals surface area contributed by atoms with Crippen LogP contribution in [0.5, 0.6) is 0 Å². The molecule has 1 amide bonds. The van der Waals surface area contributed by atoms with Crippen molar-refractivity contribution in [2.45, 2.75) is 39.8 Å². The van der Waals surface area contributed by atoms with Crippen molar-refractivity contribution >= 4 is 5.91 Å². The summed E-state index contributed by atoms with van der Waals surface area (Å²) >= 11 is 0. The van der Waals surface area contributed by atoms with Gasteiger partial charge in [0.15, 0.2) is 0 Å². The Bertz CT molecular complexity index is 670. The first-order chi connectivity index (χ1) is 10.5. The number of fused-ring (bicyclic) bond motifs is 1. The van der Waals surface area contributed by atoms with Gasteiger partial charge in [-0.05, 0) is 24.8 Å². The fraction of sp³-hybridized carbons (Fsp3) is 0.562. The van der Waals surface area contributed by atoms with E-state index in [1.165, 1.54) is 0 Å². The lowest BCUT2D eigenvalue weighted by atomic mass is 10.1. The molecule has 22 heavy (non-hydrogen) atoms. The fourth-order valence-electron chi connectivity index (χ4n) is 2.97. The summed E-state index contributed by atoms with van der Waals surface area (Å²) in [6, 6.07) is 1.94. The van der Waals surface area contributed by atoms with Gasteiger partial charge in [0, 0.05) is 26.3 Å². The number of aryl methyl sites for hydroxylation is 2. The van der Waals surface area contributed by atoms with Crippen LogP contribution < -0.4 is 0 Å². The fourth-order valence-corrected chi connectivity index (χ4v) is 2.97. The average molecular weight is 301 g/mol. The van der Waals surface area contributed by atoms with Crippen molar-refractivity contribution < 1.29 is 4.79 Å². The summed E-state index contributed by atoms with van der Waals surface area (Å²) in [7, 11) is 1.85. The predicted octanol–water partition coefficient (Wildman–Crippen LogP) is 1.86. The van der Waals surface area contributed by atoms with E-state index < -0.39 is 0 Å². The maximum atomic E-state index is 12.8. The Morgan fingerprint density at radius 2 is 2.18 bits per heavy atom. The zero-order valence-electron chi connectivity index (χ0n) is 13.5. The molecule has 0 saturated heterocycles. The standard InChI is InChI=1S/C16H23N5O/c1-12(2)7-13-8-15(19(3)18-13)16(22)20-5-4-6-21-11-17-9-14(21)10-20/h8-9,11-12H,4-7,10H2,1-3H3. The van der Waals surface area contributed by atoms with Crippen LogP contribution >= 0.6 is 0 Å². The number of rotatable bonds is 3. The number of carbonyl (C=O) groups is 1. The third-order valence-corrected chi connectivity index (χ3v) is 4.03. The topological polar surface area (TPSA) is 56.0 Å². The number of nitrogens with zero attached hydrogens (tertiary/aromatic N) is 5. The molecule has 0 unspecified atom stereocenters. The molecule has 0 spiro atoms. The molecule has 0 N–H and O–H groups in total. The highest BCUT2D eigenvalue weighted by atomic mass is 16.2. The predicted molar refractivity (Wildman–Crippen MR) is 83.3 cm³/mol. The number of hydrogen-bond donors (Lipinski definition) is 0. The van der Waals surface area contributed by atoms with Crippen molar-refractivity contribution in [2.24, 2.45) is 13.0 Å². The molecule has 0 saturated carbocycles. The first-order valence-corrected chi connectivity index (χ1v) is 7.86. The van der Waals surface area contributed by atoms with E-state index in [1.54, 1.807) is 4.68 Å². The lowest BCUT2D eigenvalue weighted by Gasteiger charge is -2.19. The highest BCUT2D eigenvalue weighted by molar-refractivity contribution is 5.92. The molecule has 6 heteroatoms. The van der Waals surface area contributed by atoms with Gasteiger partial charge >= 0.3 is 0 Å². The van der Waals surface area contributed by atoms with E-state index in [1.807, 2.05) is 30.5 Å². The van der Waals surface area contributed by atoms with Crippen molar-refractivity contribution in [2.75, 3.05) is 6.54 Å². The lowest BCUT2D eigenvalue weighted by molar-refractivity contribution is 0.0734. The smallest absolute Gasteiger partial charge is 0.272 e. The van der Waals surface area contributed by atoms with Crippen LogP contribution in [-0.2, 0) is 26.6 Å². The second-order valence-corrected chi connectivity index (χ2v) is 6.40. The minimum Gasteiger partial charge on any atom is -0.333 e. The quantitative estimate of drug-likeness (QED) is 0.869. The van der Waals surface area contributed by atoms with E-state index in [9.17, 15) is 4.79 Å². The van der Waals surface area contributed by atoms with Gasteiger partial charge in [0.05, 0.1) is 24.3 Å². The van der Waals surface area contributed by atoms with Gasteiger partial charge in [-0.2, -0.15) is 5.10 Å². The number of amides is 1. The molecule has 2 aromatic heterocycles. The van der Waals surface area contributed by atoms with Crippen molar-refractivity contribution in [1.82, 2.24) is 24.2 Å². The van der Waals surface area contributed by atoms with Crippen LogP contribution in [0, 0.1) is 5.92 Å². The van der Waals surface area contributed by atoms with Crippen LogP contribution in [-0.4, -0.2) is 36.7 Å². The zero-order chi connectivity index (χ0) is 15.7. The molecule has 0 radical (unpaired) electrons. The van der Waals surface area contributed by atoms with E-state index in [4.69, 9.17) is 0 Å². The molecule has 0 atom stereocenters. The zero-order valence-corrected chi connectivity index (χ0v) is 13.5. The van der Waals surface area contributed by atoms with Crippen molar-refractivity contribution in [3.8, 4) is 0 Å². The molecular formula is C16H23N5O. The Hall–Kier alpha value is -2.11. The third-order valence-electron chi connectivity index (χ3n) is 4.03. The van der Waals surface area contributed by atoms with Crippen molar-refractivity contribution in [3.05, 3.63) is 35.7 Å². The SMILES string of the molecule is CC(C)Cc1cc(C(=O)N2CCCn3cncc3C2)n(C)n1. The highest BCUT2D eigenvalue weighted by Crippen LogP contribution is 2.16. The summed E-state index contributed by atoms with van der Waals surface area (Å²) in [6.45, 7) is 6.62. The maximum Gasteiger partial charge on any atom is 0.272 e. The molecule has 0 bridgehead atoms. The largest absolute Gasteiger partial charge is 0.333 e. The van der Waals surface area contributed by atoms with Gasteiger partial charge in [0.25, 0.3) is 5.91 Å². The first-order valence-electron chi connectivity index (χ1n) is 7.86. The van der Waals surface area contributed by atoms with Gasteiger partial charge in [-0.3, -0.25) is 9.48 Å². The minimum atomic E-state index is 0.0552. The van der Waals surface area contributed by atoms with Crippen LogP contribution in [0.3, 0.4) is 0 Å². The van der Waals surface area contributed by atoms with Crippen LogP contribution in [0.25, 0.3) is 0 Å². The molecule has 6 nitrogen and oxygen atoms in total. The Morgan fingerprint density at radius 1 is 1.36 bits per heavy atom. The van der Waals surface area contributed by atoms with Crippen molar-refractivity contribution in [3.63, 3.8) is 0 Å². The average Bonchev–Trinajstić information content (AvgIpc) is 2.98. The van der Waals surface area contributed by atoms with Gasteiger partial charge in [-0.15, -0.1) is 0 Å². The summed E-state index contributed by atoms with van der Waals surface area (Å²) in [4.78, 5) is 18.9. The lowest BCUT2D eigenvalue weighted by Crippen LogP contribution is -2.32. The second kappa shape index (κ2) is 5.94. The number of hydrogen-bond acceptors (Lipinski definition) is 3. The van der Waals surface area contributed by atoms with Gasteiger partial charge in [0.2, 0.25) is 0 Å². The van der Waals surface area contributed by atoms with E-state index in [0.29, 0.717) is 18.2 Å². The van der Waals surface area contributed by atoms with Gasteiger partial charge in [-0.1, -0.05) is 13.8 Å². The molecule has 0 aliphatic carbocycles. The Morgan fingerprint density at radius 3 is 2.95 bits per heavy atom. The molecule has 0 fully saturated rings. The van der Waals surface area contributed by atoms with E-state index in [2.05, 4.69) is 28.5 Å². The summed E-state index contributed by atoms with van der Waals surface area (Å²) in [6.07, 6.45) is 5.53. The number of carbonyl (C=O) groups excluding carboxylic acids is 1. The summed E-state index contributed by atoms with van der Waals surface area (Å²) in [5.41, 5.74) is 2.75. The molecule has 3 heterocycles. The molecule has 0 aromatic carbocycles. The normalized spacial score (nSPS) is 15.0. The maximum absolute atomic E-state index is 12.8. The molecule has 2 aromatic rings. The van der Waals surface area contributed by atoms with Crippen LogP contribution in [0.1, 0.15) is 42.1 Å². The molecule has 1 aliphatic rings. The van der Waals surface area contributed by atoms with Gasteiger partial charge in [-0.25, -0.2) is 4.98 Å². The number of imidazole rings is 1. The van der Waals surface area contributed by atoms with Crippen LogP contribution in [0.4, 0.5) is 0 Å². The summed E-state index contributed by atoms with van der Waals surface area (Å²) < 4.78 is 3.84. The van der Waals surface area contributed by atoms with Gasteiger partial charge in [0.1, 0.15) is 5.69 Å². The van der Waals surface area contributed by atoms with Gasteiger partial charge < -0.3 is 9.47 Å². The first kappa shape index (κ1) is 14.8. The van der Waals surface area contributed by atoms with Crippen LogP contribution in [0.15, 0.2) is 18.6 Å². The second-order valence-electron chi connectivity index (χ2n) is 6.40. The molecule has 118 valence electrons. The minimum absolute atomic E-state index is 0.0552. The molecular weight excluding hydrogens is 278 g/mol. The Balaban J connectivity index is 1.80. The Kier molecular flexibility index (Phi) is 4.00. The van der Waals surface area contributed by atoms with Crippen molar-refractivity contribution in [1.29, 1.82) is 0 Å². The summed E-state index contributed by atoms with van der Waals surface area (Å²) in [5.74, 6) is 0.588. The summed E-state index contributed by atoms with van der Waals surface area (Å²) in [5, 5.41) is 4.48. The Labute approximate surface area is 130 Å². The van der Waals surface area contributed by atoms with Crippen LogP contribution in [0.2, 0.25) is 0 Å².